The Morgan fingerprint density at radius 3 is 2.52 bits per heavy atom. The van der Waals surface area contributed by atoms with Crippen LogP contribution >= 0.6 is 0 Å². The van der Waals surface area contributed by atoms with Gasteiger partial charge in [0, 0.05) is 13.2 Å². The Bertz CT molecular complexity index is 672. The lowest BCUT2D eigenvalue weighted by Crippen LogP contribution is -2.47. The van der Waals surface area contributed by atoms with E-state index in [2.05, 4.69) is 5.32 Å². The molecule has 0 heterocycles. The summed E-state index contributed by atoms with van der Waals surface area (Å²) in [5.41, 5.74) is -0.695. The van der Waals surface area contributed by atoms with Gasteiger partial charge in [0.15, 0.2) is 5.82 Å². The fourth-order valence-corrected chi connectivity index (χ4v) is 2.71. The number of nitrogens with one attached hydrogen (secondary N) is 1. The Kier molecular flexibility index (Phi) is 4.26. The van der Waals surface area contributed by atoms with Crippen LogP contribution in [-0.2, 0) is 14.8 Å². The SMILES string of the molecule is COC1CC(NC(=O)c2cc(F)cc(S(N)(=O)=O)c2F)C1. The quantitative estimate of drug-likeness (QED) is 0.845. The number of halogens is 2. The Labute approximate surface area is 120 Å². The Morgan fingerprint density at radius 2 is 2.00 bits per heavy atom. The second-order valence-corrected chi connectivity index (χ2v) is 6.34. The van der Waals surface area contributed by atoms with E-state index < -0.39 is 38.0 Å². The van der Waals surface area contributed by atoms with Crippen LogP contribution < -0.4 is 10.5 Å². The van der Waals surface area contributed by atoms with Gasteiger partial charge in [0.1, 0.15) is 10.7 Å². The van der Waals surface area contributed by atoms with E-state index in [4.69, 9.17) is 9.88 Å². The molecule has 9 heteroatoms. The van der Waals surface area contributed by atoms with Crippen molar-refractivity contribution in [1.29, 1.82) is 0 Å². The largest absolute Gasteiger partial charge is 0.381 e. The molecule has 0 atom stereocenters. The molecule has 116 valence electrons. The first-order valence-electron chi connectivity index (χ1n) is 6.08. The standard InChI is InChI=1S/C12H14F2N2O4S/c1-20-8-4-7(5-8)16-12(17)9-2-6(13)3-10(11(9)14)21(15,18)19/h2-3,7-8H,4-5H2,1H3,(H,16,17)(H2,15,18,19). The van der Waals surface area contributed by atoms with E-state index in [1.165, 1.54) is 7.11 Å². The molecule has 0 saturated heterocycles. The number of amides is 1. The third-order valence-electron chi connectivity index (χ3n) is 3.32. The average molecular weight is 320 g/mol. The van der Waals surface area contributed by atoms with Gasteiger partial charge in [-0.1, -0.05) is 0 Å². The first-order chi connectivity index (χ1) is 9.72. The lowest BCUT2D eigenvalue weighted by molar-refractivity contribution is 0.0175. The van der Waals surface area contributed by atoms with Crippen molar-refractivity contribution in [2.24, 2.45) is 5.14 Å². The number of rotatable bonds is 4. The number of methoxy groups -OCH3 is 1. The zero-order valence-corrected chi connectivity index (χ0v) is 11.9. The van der Waals surface area contributed by atoms with Crippen LogP contribution in [0, 0.1) is 11.6 Å². The molecule has 1 amide bonds. The van der Waals surface area contributed by atoms with Crippen molar-refractivity contribution in [2.45, 2.75) is 29.9 Å². The highest BCUT2D eigenvalue weighted by Gasteiger charge is 2.32. The summed E-state index contributed by atoms with van der Waals surface area (Å²) in [6, 6.07) is 0.848. The van der Waals surface area contributed by atoms with Crippen LogP contribution in [0.25, 0.3) is 0 Å². The van der Waals surface area contributed by atoms with Gasteiger partial charge < -0.3 is 10.1 Å². The molecule has 1 aromatic rings. The molecule has 0 unspecified atom stereocenters. The molecule has 21 heavy (non-hydrogen) atoms. The summed E-state index contributed by atoms with van der Waals surface area (Å²) in [7, 11) is -2.92. The molecule has 0 spiro atoms. The number of benzene rings is 1. The second-order valence-electron chi connectivity index (χ2n) is 4.81. The van der Waals surface area contributed by atoms with Gasteiger partial charge in [-0.3, -0.25) is 4.79 Å². The third kappa shape index (κ3) is 3.36. The van der Waals surface area contributed by atoms with Crippen LogP contribution in [0.15, 0.2) is 17.0 Å². The number of carbonyl (C=O) groups excluding carboxylic acids is 1. The van der Waals surface area contributed by atoms with E-state index in [9.17, 15) is 22.0 Å². The summed E-state index contributed by atoms with van der Waals surface area (Å²) < 4.78 is 54.7. The minimum Gasteiger partial charge on any atom is -0.381 e. The zero-order valence-electron chi connectivity index (χ0n) is 11.1. The van der Waals surface area contributed by atoms with Crippen molar-refractivity contribution in [2.75, 3.05) is 7.11 Å². The molecule has 0 bridgehead atoms. The van der Waals surface area contributed by atoms with Crippen LogP contribution in [0.2, 0.25) is 0 Å². The monoisotopic (exact) mass is 320 g/mol. The number of sulfonamides is 1. The van der Waals surface area contributed by atoms with Crippen LogP contribution in [-0.4, -0.2) is 33.6 Å². The summed E-state index contributed by atoms with van der Waals surface area (Å²) in [5, 5.41) is 7.27. The van der Waals surface area contributed by atoms with Crippen molar-refractivity contribution in [3.05, 3.63) is 29.3 Å². The highest BCUT2D eigenvalue weighted by Crippen LogP contribution is 2.24. The summed E-state index contributed by atoms with van der Waals surface area (Å²) >= 11 is 0. The van der Waals surface area contributed by atoms with Gasteiger partial charge >= 0.3 is 0 Å². The predicted octanol–water partition coefficient (Wildman–Crippen LogP) is 0.519. The molecule has 1 fully saturated rings. The van der Waals surface area contributed by atoms with E-state index in [0.29, 0.717) is 25.0 Å². The maximum absolute atomic E-state index is 14.0. The molecule has 0 aliphatic heterocycles. The molecule has 1 aliphatic rings. The minimum atomic E-state index is -4.46. The summed E-state index contributed by atoms with van der Waals surface area (Å²) in [6.07, 6.45) is 1.13. The van der Waals surface area contributed by atoms with Gasteiger partial charge in [0.2, 0.25) is 10.0 Å². The minimum absolute atomic E-state index is 0.0210. The highest BCUT2D eigenvalue weighted by atomic mass is 32.2. The van der Waals surface area contributed by atoms with Gasteiger partial charge in [0.25, 0.3) is 5.91 Å². The van der Waals surface area contributed by atoms with Crippen molar-refractivity contribution in [3.63, 3.8) is 0 Å². The predicted molar refractivity (Wildman–Crippen MR) is 69.0 cm³/mol. The van der Waals surface area contributed by atoms with Gasteiger partial charge in [-0.05, 0) is 25.0 Å². The molecule has 0 radical (unpaired) electrons. The van der Waals surface area contributed by atoms with E-state index in [1.807, 2.05) is 0 Å². The average Bonchev–Trinajstić information content (AvgIpc) is 2.33. The molecule has 0 aromatic heterocycles. The third-order valence-corrected chi connectivity index (χ3v) is 4.23. The number of ether oxygens (including phenoxy) is 1. The number of carbonyl (C=O) groups is 1. The molecule has 3 N–H and O–H groups in total. The fraction of sp³-hybridized carbons (Fsp3) is 0.417. The van der Waals surface area contributed by atoms with Crippen LogP contribution in [0.4, 0.5) is 8.78 Å². The molecule has 1 aliphatic carbocycles. The van der Waals surface area contributed by atoms with Crippen LogP contribution in [0.5, 0.6) is 0 Å². The zero-order chi connectivity index (χ0) is 15.8. The topological polar surface area (TPSA) is 98.5 Å². The van der Waals surface area contributed by atoms with Gasteiger partial charge in [-0.25, -0.2) is 22.3 Å². The lowest BCUT2D eigenvalue weighted by Gasteiger charge is -2.34. The van der Waals surface area contributed by atoms with E-state index in [-0.39, 0.29) is 12.1 Å². The summed E-state index contributed by atoms with van der Waals surface area (Å²) in [5.74, 6) is -3.32. The van der Waals surface area contributed by atoms with Crippen molar-refractivity contribution in [1.82, 2.24) is 5.32 Å². The first kappa shape index (κ1) is 15.8. The summed E-state index contributed by atoms with van der Waals surface area (Å²) in [4.78, 5) is 10.9. The number of nitrogens with two attached hydrogens (primary N) is 1. The molecule has 2 rings (SSSR count). The van der Waals surface area contributed by atoms with E-state index in [1.54, 1.807) is 0 Å². The van der Waals surface area contributed by atoms with Crippen molar-refractivity contribution in [3.8, 4) is 0 Å². The Balaban J connectivity index is 2.24. The fourth-order valence-electron chi connectivity index (χ4n) is 2.08. The lowest BCUT2D eigenvalue weighted by atomic mass is 9.89. The molecular formula is C12H14F2N2O4S. The Morgan fingerprint density at radius 1 is 1.38 bits per heavy atom. The molecule has 6 nitrogen and oxygen atoms in total. The highest BCUT2D eigenvalue weighted by molar-refractivity contribution is 7.89. The molecular weight excluding hydrogens is 306 g/mol. The number of hydrogen-bond acceptors (Lipinski definition) is 4. The van der Waals surface area contributed by atoms with Crippen molar-refractivity contribution >= 4 is 15.9 Å². The normalized spacial score (nSPS) is 21.7. The van der Waals surface area contributed by atoms with Gasteiger partial charge in [0.05, 0.1) is 11.7 Å². The van der Waals surface area contributed by atoms with Crippen molar-refractivity contribution < 1.29 is 26.7 Å². The smallest absolute Gasteiger partial charge is 0.254 e. The molecule has 1 aromatic carbocycles. The first-order valence-corrected chi connectivity index (χ1v) is 7.62. The number of hydrogen-bond donors (Lipinski definition) is 2. The summed E-state index contributed by atoms with van der Waals surface area (Å²) in [6.45, 7) is 0. The van der Waals surface area contributed by atoms with Gasteiger partial charge in [-0.2, -0.15) is 0 Å². The molecule has 1 saturated carbocycles. The van der Waals surface area contributed by atoms with E-state index in [0.717, 1.165) is 0 Å². The van der Waals surface area contributed by atoms with Gasteiger partial charge in [-0.15, -0.1) is 0 Å². The Hall–Kier alpha value is -1.58. The van der Waals surface area contributed by atoms with Crippen LogP contribution in [0.1, 0.15) is 23.2 Å². The van der Waals surface area contributed by atoms with Crippen LogP contribution in [0.3, 0.4) is 0 Å². The maximum Gasteiger partial charge on any atom is 0.254 e. The number of primary sulfonamides is 1. The second kappa shape index (κ2) is 5.66. The van der Waals surface area contributed by atoms with E-state index >= 15 is 0 Å². The maximum atomic E-state index is 14.0.